The van der Waals surface area contributed by atoms with Gasteiger partial charge in [-0.3, -0.25) is 4.98 Å². The predicted octanol–water partition coefficient (Wildman–Crippen LogP) is 9.31. The van der Waals surface area contributed by atoms with E-state index >= 15 is 0 Å². The molecule has 1 aliphatic rings. The third-order valence-corrected chi connectivity index (χ3v) is 8.46. The van der Waals surface area contributed by atoms with Gasteiger partial charge in [-0.2, -0.15) is 0 Å². The molecule has 0 radical (unpaired) electrons. The van der Waals surface area contributed by atoms with E-state index in [1.165, 1.54) is 71.6 Å². The van der Waals surface area contributed by atoms with Crippen LogP contribution in [0.1, 0.15) is 25.0 Å². The van der Waals surface area contributed by atoms with Crippen molar-refractivity contribution in [2.45, 2.75) is 19.3 Å². The second-order valence-corrected chi connectivity index (χ2v) is 10.9. The zero-order chi connectivity index (χ0) is 25.4. The second kappa shape index (κ2) is 7.66. The number of hydrogen-bond acceptors (Lipinski definition) is 1. The van der Waals surface area contributed by atoms with Gasteiger partial charge in [0.25, 0.3) is 0 Å². The zero-order valence-corrected chi connectivity index (χ0v) is 21.4. The fraction of sp³-hybridized carbons (Fsp3) is 0.0833. The predicted molar refractivity (Wildman–Crippen MR) is 159 cm³/mol. The summed E-state index contributed by atoms with van der Waals surface area (Å²) in [5, 5.41) is 4.94. The molecule has 7 aromatic rings. The molecule has 2 heteroatoms. The number of fused-ring (bicyclic) bond motifs is 7. The number of para-hydroxylation sites is 1. The Bertz CT molecular complexity index is 2040. The average Bonchev–Trinajstić information content (AvgIpc) is 3.40. The Morgan fingerprint density at radius 3 is 2.26 bits per heavy atom. The molecule has 38 heavy (non-hydrogen) atoms. The van der Waals surface area contributed by atoms with Crippen molar-refractivity contribution in [3.63, 3.8) is 0 Å². The van der Waals surface area contributed by atoms with Crippen LogP contribution in [-0.4, -0.2) is 9.55 Å². The summed E-state index contributed by atoms with van der Waals surface area (Å²) in [6.45, 7) is 4.71. The highest BCUT2D eigenvalue weighted by molar-refractivity contribution is 6.12. The third-order valence-electron chi connectivity index (χ3n) is 8.46. The molecule has 0 aliphatic heterocycles. The Morgan fingerprint density at radius 1 is 0.579 bits per heavy atom. The van der Waals surface area contributed by atoms with Crippen LogP contribution in [0.15, 0.2) is 122 Å². The standard InChI is InChI=1S/C36H26N2/c1-36(2)32-14-8-6-12-26(32)29-21-35-30(20-33(29)36)27-13-7-9-15-34(27)38(35)25-18-24-16-17-37-22-31(24)28(19-25)23-10-4-3-5-11-23/h3-22H,1-2H3. The van der Waals surface area contributed by atoms with Gasteiger partial charge in [0.1, 0.15) is 0 Å². The smallest absolute Gasteiger partial charge is 0.0547 e. The molecule has 0 amide bonds. The molecule has 0 fully saturated rings. The molecule has 5 aromatic carbocycles. The van der Waals surface area contributed by atoms with E-state index < -0.39 is 0 Å². The molecular formula is C36H26N2. The number of aromatic nitrogens is 2. The molecule has 8 rings (SSSR count). The fourth-order valence-electron chi connectivity index (χ4n) is 6.61. The van der Waals surface area contributed by atoms with Gasteiger partial charge in [0.05, 0.1) is 11.0 Å². The maximum absolute atomic E-state index is 4.46. The van der Waals surface area contributed by atoms with Gasteiger partial charge in [-0.15, -0.1) is 0 Å². The van der Waals surface area contributed by atoms with Crippen molar-refractivity contribution in [3.05, 3.63) is 133 Å². The summed E-state index contributed by atoms with van der Waals surface area (Å²) in [7, 11) is 0. The Kier molecular flexibility index (Phi) is 4.31. The molecule has 2 aromatic heterocycles. The first-order chi connectivity index (χ1) is 18.6. The average molecular weight is 487 g/mol. The van der Waals surface area contributed by atoms with Crippen LogP contribution in [0.25, 0.3) is 60.5 Å². The summed E-state index contributed by atoms with van der Waals surface area (Å²) in [4.78, 5) is 4.46. The maximum Gasteiger partial charge on any atom is 0.0547 e. The summed E-state index contributed by atoms with van der Waals surface area (Å²) < 4.78 is 2.45. The highest BCUT2D eigenvalue weighted by Crippen LogP contribution is 2.51. The summed E-state index contributed by atoms with van der Waals surface area (Å²) in [6.07, 6.45) is 3.87. The minimum Gasteiger partial charge on any atom is -0.309 e. The van der Waals surface area contributed by atoms with Crippen LogP contribution in [0.4, 0.5) is 0 Å². The Balaban J connectivity index is 1.50. The summed E-state index contributed by atoms with van der Waals surface area (Å²) >= 11 is 0. The summed E-state index contributed by atoms with van der Waals surface area (Å²) in [5.74, 6) is 0. The van der Waals surface area contributed by atoms with E-state index in [1.807, 2.05) is 12.4 Å². The molecule has 0 spiro atoms. The van der Waals surface area contributed by atoms with Gasteiger partial charge < -0.3 is 4.57 Å². The van der Waals surface area contributed by atoms with Crippen molar-refractivity contribution < 1.29 is 0 Å². The number of benzene rings is 5. The van der Waals surface area contributed by atoms with E-state index in [0.717, 1.165) is 0 Å². The largest absolute Gasteiger partial charge is 0.309 e. The highest BCUT2D eigenvalue weighted by Gasteiger charge is 2.36. The van der Waals surface area contributed by atoms with Crippen LogP contribution in [0, 0.1) is 0 Å². The van der Waals surface area contributed by atoms with Crippen LogP contribution >= 0.6 is 0 Å². The van der Waals surface area contributed by atoms with Gasteiger partial charge in [-0.25, -0.2) is 0 Å². The lowest BCUT2D eigenvalue weighted by atomic mass is 9.82. The lowest BCUT2D eigenvalue weighted by Gasteiger charge is -2.21. The number of pyridine rings is 1. The quantitative estimate of drug-likeness (QED) is 0.238. The monoisotopic (exact) mass is 486 g/mol. The Hall–Kier alpha value is -4.69. The number of nitrogens with zero attached hydrogens (tertiary/aromatic N) is 2. The minimum absolute atomic E-state index is 0.0280. The lowest BCUT2D eigenvalue weighted by Crippen LogP contribution is -2.14. The molecule has 0 saturated carbocycles. The van der Waals surface area contributed by atoms with Gasteiger partial charge in [0.15, 0.2) is 0 Å². The van der Waals surface area contributed by atoms with E-state index in [4.69, 9.17) is 0 Å². The molecule has 0 atom stereocenters. The van der Waals surface area contributed by atoms with Crippen molar-refractivity contribution in [2.24, 2.45) is 0 Å². The van der Waals surface area contributed by atoms with Crippen molar-refractivity contribution in [1.29, 1.82) is 0 Å². The van der Waals surface area contributed by atoms with E-state index in [0.29, 0.717) is 0 Å². The van der Waals surface area contributed by atoms with Crippen LogP contribution in [-0.2, 0) is 5.41 Å². The van der Waals surface area contributed by atoms with Gasteiger partial charge in [0, 0.05) is 39.7 Å². The molecule has 0 N–H and O–H groups in total. The fourth-order valence-corrected chi connectivity index (χ4v) is 6.61. The van der Waals surface area contributed by atoms with Crippen LogP contribution in [0.5, 0.6) is 0 Å². The van der Waals surface area contributed by atoms with Gasteiger partial charge in [0.2, 0.25) is 0 Å². The maximum atomic E-state index is 4.46. The van der Waals surface area contributed by atoms with E-state index in [9.17, 15) is 0 Å². The third kappa shape index (κ3) is 2.86. The van der Waals surface area contributed by atoms with Crippen LogP contribution in [0.2, 0.25) is 0 Å². The summed E-state index contributed by atoms with van der Waals surface area (Å²) in [5.41, 5.74) is 11.5. The first-order valence-corrected chi connectivity index (χ1v) is 13.2. The SMILES string of the molecule is CC1(C)c2ccccc2-c2cc3c(cc21)c1ccccc1n3-c1cc(-c2ccccc2)c2cnccc2c1. The van der Waals surface area contributed by atoms with Crippen LogP contribution < -0.4 is 0 Å². The number of rotatable bonds is 2. The van der Waals surface area contributed by atoms with E-state index in [2.05, 4.69) is 133 Å². The zero-order valence-electron chi connectivity index (χ0n) is 21.4. The molecular weight excluding hydrogens is 460 g/mol. The first kappa shape index (κ1) is 21.4. The molecule has 1 aliphatic carbocycles. The first-order valence-electron chi connectivity index (χ1n) is 13.2. The highest BCUT2D eigenvalue weighted by atomic mass is 15.0. The summed E-state index contributed by atoms with van der Waals surface area (Å²) in [6, 6.07) is 40.0. The van der Waals surface area contributed by atoms with E-state index in [1.54, 1.807) is 0 Å². The molecule has 180 valence electrons. The molecule has 2 heterocycles. The topological polar surface area (TPSA) is 17.8 Å². The number of hydrogen-bond donors (Lipinski definition) is 0. The lowest BCUT2D eigenvalue weighted by molar-refractivity contribution is 0.661. The van der Waals surface area contributed by atoms with Gasteiger partial charge >= 0.3 is 0 Å². The van der Waals surface area contributed by atoms with Gasteiger partial charge in [-0.1, -0.05) is 86.6 Å². The van der Waals surface area contributed by atoms with Crippen molar-refractivity contribution >= 4 is 32.6 Å². The van der Waals surface area contributed by atoms with Crippen molar-refractivity contribution in [3.8, 4) is 27.9 Å². The molecule has 0 saturated heterocycles. The second-order valence-electron chi connectivity index (χ2n) is 10.9. The van der Waals surface area contributed by atoms with E-state index in [-0.39, 0.29) is 5.41 Å². The van der Waals surface area contributed by atoms with Crippen molar-refractivity contribution in [2.75, 3.05) is 0 Å². The molecule has 0 bridgehead atoms. The Labute approximate surface area is 221 Å². The van der Waals surface area contributed by atoms with Gasteiger partial charge in [-0.05, 0) is 75.2 Å². The molecule has 0 unspecified atom stereocenters. The van der Waals surface area contributed by atoms with Crippen molar-refractivity contribution in [1.82, 2.24) is 9.55 Å². The normalized spacial score (nSPS) is 13.7. The van der Waals surface area contributed by atoms with Crippen LogP contribution in [0.3, 0.4) is 0 Å². The Morgan fingerprint density at radius 2 is 1.37 bits per heavy atom. The molecule has 2 nitrogen and oxygen atoms in total. The minimum atomic E-state index is -0.0280.